The van der Waals surface area contributed by atoms with Crippen molar-refractivity contribution >= 4 is 16.7 Å². The first-order chi connectivity index (χ1) is 12.2. The summed E-state index contributed by atoms with van der Waals surface area (Å²) < 4.78 is 22.6. The van der Waals surface area contributed by atoms with Gasteiger partial charge >= 0.3 is 5.97 Å². The molecule has 1 fully saturated rings. The number of fused-ring (bicyclic) bond motifs is 3. The zero-order valence-electron chi connectivity index (χ0n) is 14.0. The van der Waals surface area contributed by atoms with Gasteiger partial charge in [-0.2, -0.15) is 0 Å². The van der Waals surface area contributed by atoms with Gasteiger partial charge in [0.05, 0.1) is 13.2 Å². The normalized spacial score (nSPS) is 27.6. The molecule has 0 aromatic heterocycles. The Labute approximate surface area is 146 Å². The van der Waals surface area contributed by atoms with E-state index < -0.39 is 6.10 Å². The number of benzene rings is 2. The van der Waals surface area contributed by atoms with Crippen LogP contribution < -0.4 is 0 Å². The molecule has 0 aliphatic carbocycles. The van der Waals surface area contributed by atoms with Crippen molar-refractivity contribution in [3.8, 4) is 0 Å². The molecule has 1 saturated heterocycles. The summed E-state index contributed by atoms with van der Waals surface area (Å²) in [6.45, 7) is 2.27. The molecule has 0 amide bonds. The van der Waals surface area contributed by atoms with Crippen LogP contribution in [0.2, 0.25) is 0 Å². The van der Waals surface area contributed by atoms with Gasteiger partial charge in [0, 0.05) is 6.92 Å². The molecule has 2 aliphatic rings. The Bertz CT molecular complexity index is 800. The summed E-state index contributed by atoms with van der Waals surface area (Å²) in [7, 11) is 0. The molecule has 5 nitrogen and oxygen atoms in total. The second kappa shape index (κ2) is 6.96. The van der Waals surface area contributed by atoms with Crippen molar-refractivity contribution in [2.45, 2.75) is 38.1 Å². The van der Waals surface area contributed by atoms with E-state index in [9.17, 15) is 4.79 Å². The van der Waals surface area contributed by atoms with Crippen molar-refractivity contribution < 1.29 is 23.7 Å². The average molecular weight is 340 g/mol. The molecule has 0 saturated carbocycles. The van der Waals surface area contributed by atoms with Crippen LogP contribution in [0, 0.1) is 0 Å². The predicted molar refractivity (Wildman–Crippen MR) is 91.8 cm³/mol. The van der Waals surface area contributed by atoms with Crippen LogP contribution in [0.5, 0.6) is 0 Å². The van der Waals surface area contributed by atoms with Gasteiger partial charge in [-0.25, -0.2) is 0 Å². The maximum absolute atomic E-state index is 11.2. The molecule has 130 valence electrons. The minimum Gasteiger partial charge on any atom is -0.455 e. The van der Waals surface area contributed by atoms with Crippen LogP contribution in [0.4, 0.5) is 0 Å². The molecule has 0 unspecified atom stereocenters. The Hall–Kier alpha value is -2.21. The number of hydrogen-bond donors (Lipinski definition) is 0. The fraction of sp³-hybridized carbons (Fsp3) is 0.350. The standard InChI is InChI=1S/C20H20O5/c1-13(21)23-17-8-9-19-24-18(20(17)25-19)12-22-11-14-6-7-15-4-2-3-5-16(15)10-14/h2-10,17-20H,11-12H2,1H3/t17-,18+,19-,20+/m0/s1. The molecule has 0 N–H and O–H groups in total. The topological polar surface area (TPSA) is 54.0 Å². The van der Waals surface area contributed by atoms with E-state index in [1.165, 1.54) is 17.7 Å². The van der Waals surface area contributed by atoms with Crippen molar-refractivity contribution in [2.24, 2.45) is 0 Å². The summed E-state index contributed by atoms with van der Waals surface area (Å²) in [6.07, 6.45) is 2.20. The summed E-state index contributed by atoms with van der Waals surface area (Å²) in [6, 6.07) is 14.5. The third-order valence-electron chi connectivity index (χ3n) is 4.42. The molecule has 2 aliphatic heterocycles. The fourth-order valence-electron chi connectivity index (χ4n) is 3.27. The summed E-state index contributed by atoms with van der Waals surface area (Å²) in [5.74, 6) is -0.334. The van der Waals surface area contributed by atoms with Gasteiger partial charge in [0.2, 0.25) is 0 Å². The molecule has 2 aromatic rings. The molecule has 0 spiro atoms. The van der Waals surface area contributed by atoms with Gasteiger partial charge in [-0.1, -0.05) is 36.4 Å². The van der Waals surface area contributed by atoms with E-state index in [1.807, 2.05) is 18.2 Å². The molecule has 2 aromatic carbocycles. The molecule has 25 heavy (non-hydrogen) atoms. The van der Waals surface area contributed by atoms with Gasteiger partial charge < -0.3 is 18.9 Å². The van der Waals surface area contributed by atoms with Gasteiger partial charge in [0.25, 0.3) is 0 Å². The highest BCUT2D eigenvalue weighted by Gasteiger charge is 2.43. The number of hydrogen-bond acceptors (Lipinski definition) is 5. The van der Waals surface area contributed by atoms with Crippen molar-refractivity contribution in [1.82, 2.24) is 0 Å². The second-order valence-corrected chi connectivity index (χ2v) is 6.30. The van der Waals surface area contributed by atoms with E-state index in [1.54, 1.807) is 6.08 Å². The lowest BCUT2D eigenvalue weighted by Gasteiger charge is -2.24. The summed E-state index contributed by atoms with van der Waals surface area (Å²) in [5, 5.41) is 2.40. The van der Waals surface area contributed by atoms with Crippen LogP contribution in [0.25, 0.3) is 10.8 Å². The van der Waals surface area contributed by atoms with Crippen LogP contribution >= 0.6 is 0 Å². The van der Waals surface area contributed by atoms with Crippen LogP contribution in [-0.2, 0) is 30.3 Å². The maximum Gasteiger partial charge on any atom is 0.303 e. The number of rotatable bonds is 5. The third kappa shape index (κ3) is 3.58. The molecule has 4 rings (SSSR count). The van der Waals surface area contributed by atoms with Crippen molar-refractivity contribution in [2.75, 3.05) is 6.61 Å². The highest BCUT2D eigenvalue weighted by molar-refractivity contribution is 5.82. The molecule has 2 bridgehead atoms. The Morgan fingerprint density at radius 1 is 1.08 bits per heavy atom. The highest BCUT2D eigenvalue weighted by atomic mass is 16.7. The van der Waals surface area contributed by atoms with Gasteiger partial charge in [-0.3, -0.25) is 4.79 Å². The zero-order valence-corrected chi connectivity index (χ0v) is 14.0. The minimum atomic E-state index is -0.425. The smallest absolute Gasteiger partial charge is 0.303 e. The van der Waals surface area contributed by atoms with E-state index in [-0.39, 0.29) is 24.5 Å². The lowest BCUT2D eigenvalue weighted by atomic mass is 10.1. The number of carbonyl (C=O) groups is 1. The third-order valence-corrected chi connectivity index (χ3v) is 4.42. The van der Waals surface area contributed by atoms with Crippen molar-refractivity contribution in [3.05, 3.63) is 60.2 Å². The molecule has 5 heteroatoms. The molecule has 0 radical (unpaired) electrons. The molecule has 4 atom stereocenters. The maximum atomic E-state index is 11.2. The monoisotopic (exact) mass is 340 g/mol. The Morgan fingerprint density at radius 2 is 1.92 bits per heavy atom. The Balaban J connectivity index is 1.35. The van der Waals surface area contributed by atoms with Crippen molar-refractivity contribution in [1.29, 1.82) is 0 Å². The van der Waals surface area contributed by atoms with Gasteiger partial charge in [0.15, 0.2) is 6.29 Å². The first-order valence-electron chi connectivity index (χ1n) is 8.41. The SMILES string of the molecule is CC(=O)O[C@H]1C=C[C@@H]2O[C@H]1[C@@H](COCc1ccc3ccccc3c1)O2. The average Bonchev–Trinajstić information content (AvgIpc) is 2.94. The lowest BCUT2D eigenvalue weighted by molar-refractivity contribution is -0.151. The van der Waals surface area contributed by atoms with E-state index in [4.69, 9.17) is 18.9 Å². The first-order valence-corrected chi connectivity index (χ1v) is 8.41. The van der Waals surface area contributed by atoms with E-state index in [2.05, 4.69) is 30.3 Å². The van der Waals surface area contributed by atoms with Gasteiger partial charge in [0.1, 0.15) is 18.3 Å². The van der Waals surface area contributed by atoms with Crippen LogP contribution in [0.1, 0.15) is 12.5 Å². The first kappa shape index (κ1) is 16.3. The number of ether oxygens (including phenoxy) is 4. The van der Waals surface area contributed by atoms with Crippen molar-refractivity contribution in [3.63, 3.8) is 0 Å². The second-order valence-electron chi connectivity index (χ2n) is 6.30. The van der Waals surface area contributed by atoms with E-state index >= 15 is 0 Å². The molecular weight excluding hydrogens is 320 g/mol. The Morgan fingerprint density at radius 3 is 2.76 bits per heavy atom. The molecular formula is C20H20O5. The fourth-order valence-corrected chi connectivity index (χ4v) is 3.27. The summed E-state index contributed by atoms with van der Waals surface area (Å²) in [5.41, 5.74) is 1.11. The van der Waals surface area contributed by atoms with Gasteiger partial charge in [-0.05, 0) is 34.6 Å². The Kier molecular flexibility index (Phi) is 4.53. The quantitative estimate of drug-likeness (QED) is 0.619. The predicted octanol–water partition coefficient (Wildman–Crippen LogP) is 2.97. The van der Waals surface area contributed by atoms with Crippen LogP contribution in [0.15, 0.2) is 54.6 Å². The zero-order chi connectivity index (χ0) is 17.2. The largest absolute Gasteiger partial charge is 0.455 e. The minimum absolute atomic E-state index is 0.259. The highest BCUT2D eigenvalue weighted by Crippen LogP contribution is 2.29. The lowest BCUT2D eigenvalue weighted by Crippen LogP contribution is -2.40. The molecule has 2 heterocycles. The number of esters is 1. The summed E-state index contributed by atoms with van der Waals surface area (Å²) >= 11 is 0. The number of carbonyl (C=O) groups excluding carboxylic acids is 1. The van der Waals surface area contributed by atoms with E-state index in [0.29, 0.717) is 13.2 Å². The van der Waals surface area contributed by atoms with Crippen LogP contribution in [0.3, 0.4) is 0 Å². The van der Waals surface area contributed by atoms with Gasteiger partial charge in [-0.15, -0.1) is 0 Å². The van der Waals surface area contributed by atoms with Crippen LogP contribution in [-0.4, -0.2) is 37.2 Å². The van der Waals surface area contributed by atoms with E-state index in [0.717, 1.165) is 5.56 Å². The summed E-state index contributed by atoms with van der Waals surface area (Å²) in [4.78, 5) is 11.2.